The number of nitrogens with zero attached hydrogens (tertiary/aromatic N) is 4. The number of ether oxygens (including phenoxy) is 1. The van der Waals surface area contributed by atoms with Crippen molar-refractivity contribution in [2.24, 2.45) is 10.9 Å². The van der Waals surface area contributed by atoms with Crippen molar-refractivity contribution >= 4 is 23.2 Å². The van der Waals surface area contributed by atoms with Crippen molar-refractivity contribution in [2.75, 3.05) is 53.0 Å². The summed E-state index contributed by atoms with van der Waals surface area (Å²) in [5.74, 6) is 1.36. The number of rotatable bonds is 4. The molecular formula is C21H35N5O2S. The minimum Gasteiger partial charge on any atom is -0.378 e. The van der Waals surface area contributed by atoms with Crippen LogP contribution in [0.5, 0.6) is 0 Å². The van der Waals surface area contributed by atoms with Crippen LogP contribution in [-0.4, -0.2) is 79.6 Å². The number of nitrogens with one attached hydrogen (secondary N) is 1. The molecule has 0 aliphatic carbocycles. The van der Waals surface area contributed by atoms with E-state index in [1.807, 2.05) is 11.9 Å². The number of carbonyl (C=O) groups is 1. The lowest BCUT2D eigenvalue weighted by Gasteiger charge is -2.36. The number of amides is 1. The third kappa shape index (κ3) is 5.92. The quantitative estimate of drug-likeness (QED) is 0.596. The average molecular weight is 422 g/mol. The Morgan fingerprint density at radius 3 is 2.52 bits per heavy atom. The molecule has 0 unspecified atom stereocenters. The lowest BCUT2D eigenvalue weighted by molar-refractivity contribution is -0.140. The number of guanidine groups is 1. The lowest BCUT2D eigenvalue weighted by atomic mass is 9.93. The summed E-state index contributed by atoms with van der Waals surface area (Å²) >= 11 is 1.73. The van der Waals surface area contributed by atoms with E-state index in [0.29, 0.717) is 19.1 Å². The van der Waals surface area contributed by atoms with Crippen LogP contribution in [-0.2, 0) is 21.4 Å². The Morgan fingerprint density at radius 2 is 1.93 bits per heavy atom. The van der Waals surface area contributed by atoms with Crippen LogP contribution in [0.25, 0.3) is 0 Å². The number of hydrogen-bond acceptors (Lipinski definition) is 5. The Kier molecular flexibility index (Phi) is 7.51. The number of thiazole rings is 1. The van der Waals surface area contributed by atoms with E-state index in [1.165, 1.54) is 0 Å². The fourth-order valence-corrected chi connectivity index (χ4v) is 4.79. The highest BCUT2D eigenvalue weighted by atomic mass is 32.1. The van der Waals surface area contributed by atoms with Crippen molar-refractivity contribution in [1.29, 1.82) is 0 Å². The average Bonchev–Trinajstić information content (AvgIpc) is 3.21. The van der Waals surface area contributed by atoms with Gasteiger partial charge < -0.3 is 19.9 Å². The van der Waals surface area contributed by atoms with Gasteiger partial charge in [-0.3, -0.25) is 9.79 Å². The van der Waals surface area contributed by atoms with Gasteiger partial charge in [0.05, 0.1) is 23.9 Å². The van der Waals surface area contributed by atoms with Crippen LogP contribution in [0.15, 0.2) is 10.4 Å². The first-order chi connectivity index (χ1) is 13.9. The van der Waals surface area contributed by atoms with Gasteiger partial charge in [0.2, 0.25) is 5.91 Å². The maximum atomic E-state index is 12.7. The maximum absolute atomic E-state index is 12.7. The van der Waals surface area contributed by atoms with Gasteiger partial charge >= 0.3 is 0 Å². The third-order valence-electron chi connectivity index (χ3n) is 5.62. The third-order valence-corrected chi connectivity index (χ3v) is 6.53. The first-order valence-corrected chi connectivity index (χ1v) is 11.5. The molecule has 0 spiro atoms. The Balaban J connectivity index is 1.43. The number of likely N-dealkylation sites (tertiary alicyclic amines) is 1. The van der Waals surface area contributed by atoms with E-state index in [4.69, 9.17) is 9.72 Å². The summed E-state index contributed by atoms with van der Waals surface area (Å²) < 4.78 is 5.36. The van der Waals surface area contributed by atoms with Crippen LogP contribution in [0.1, 0.15) is 44.3 Å². The molecule has 0 radical (unpaired) electrons. The van der Waals surface area contributed by atoms with Gasteiger partial charge in [-0.2, -0.15) is 0 Å². The van der Waals surface area contributed by atoms with Gasteiger partial charge in [-0.05, 0) is 12.8 Å². The minimum atomic E-state index is 0.0984. The lowest BCUT2D eigenvalue weighted by Crippen LogP contribution is -2.50. The summed E-state index contributed by atoms with van der Waals surface area (Å²) in [7, 11) is 1.83. The molecule has 2 aliphatic rings. The van der Waals surface area contributed by atoms with E-state index in [1.54, 1.807) is 11.3 Å². The van der Waals surface area contributed by atoms with E-state index >= 15 is 0 Å². The van der Waals surface area contributed by atoms with Crippen molar-refractivity contribution in [2.45, 2.75) is 45.4 Å². The predicted molar refractivity (Wildman–Crippen MR) is 118 cm³/mol. The second-order valence-corrected chi connectivity index (χ2v) is 9.74. The van der Waals surface area contributed by atoms with E-state index in [9.17, 15) is 4.79 Å². The van der Waals surface area contributed by atoms with E-state index < -0.39 is 0 Å². The SMILES string of the molecule is CN=C(NCCc1nc(C(C)(C)C)cs1)N1CCC(C(=O)N2CCOCC2)CC1. The molecule has 0 aromatic carbocycles. The van der Waals surface area contributed by atoms with E-state index in [-0.39, 0.29) is 11.3 Å². The van der Waals surface area contributed by atoms with Gasteiger partial charge in [-0.25, -0.2) is 4.98 Å². The Morgan fingerprint density at radius 1 is 1.24 bits per heavy atom. The van der Waals surface area contributed by atoms with Gasteiger partial charge in [0, 0.05) is 62.9 Å². The summed E-state index contributed by atoms with van der Waals surface area (Å²) in [5, 5.41) is 6.80. The first-order valence-electron chi connectivity index (χ1n) is 10.7. The standard InChI is InChI=1S/C21H35N5O2S/c1-21(2,3)17-15-29-18(24-17)5-8-23-20(22-4)26-9-6-16(7-10-26)19(27)25-11-13-28-14-12-25/h15-16H,5-14H2,1-4H3,(H,22,23). The molecule has 2 fully saturated rings. The summed E-state index contributed by atoms with van der Waals surface area (Å²) in [6, 6.07) is 0. The largest absolute Gasteiger partial charge is 0.378 e. The van der Waals surface area contributed by atoms with E-state index in [0.717, 1.165) is 68.6 Å². The molecule has 1 amide bonds. The number of morpholine rings is 1. The molecule has 1 aromatic rings. The topological polar surface area (TPSA) is 70.1 Å². The van der Waals surface area contributed by atoms with Crippen LogP contribution in [0, 0.1) is 5.92 Å². The fraction of sp³-hybridized carbons (Fsp3) is 0.762. The van der Waals surface area contributed by atoms with Crippen molar-refractivity contribution < 1.29 is 9.53 Å². The van der Waals surface area contributed by atoms with Gasteiger partial charge in [-0.15, -0.1) is 11.3 Å². The smallest absolute Gasteiger partial charge is 0.225 e. The molecule has 7 nitrogen and oxygen atoms in total. The van der Waals surface area contributed by atoms with Gasteiger partial charge in [0.25, 0.3) is 0 Å². The zero-order valence-electron chi connectivity index (χ0n) is 18.2. The number of hydrogen-bond donors (Lipinski definition) is 1. The molecule has 2 aliphatic heterocycles. The molecule has 0 saturated carbocycles. The fourth-order valence-electron chi connectivity index (χ4n) is 3.76. The normalized spacial score (nSPS) is 19.5. The van der Waals surface area contributed by atoms with Crippen LogP contribution >= 0.6 is 11.3 Å². The highest BCUT2D eigenvalue weighted by Crippen LogP contribution is 2.24. The van der Waals surface area contributed by atoms with Crippen molar-refractivity contribution in [3.8, 4) is 0 Å². The highest BCUT2D eigenvalue weighted by Gasteiger charge is 2.30. The molecular weight excluding hydrogens is 386 g/mol. The summed E-state index contributed by atoms with van der Waals surface area (Å²) in [5.41, 5.74) is 1.26. The van der Waals surface area contributed by atoms with Crippen LogP contribution in [0.4, 0.5) is 0 Å². The second-order valence-electron chi connectivity index (χ2n) is 8.80. The first kappa shape index (κ1) is 22.0. The molecule has 0 bridgehead atoms. The van der Waals surface area contributed by atoms with Gasteiger partial charge in [0.15, 0.2) is 5.96 Å². The molecule has 0 atom stereocenters. The van der Waals surface area contributed by atoms with Gasteiger partial charge in [0.1, 0.15) is 0 Å². The Hall–Kier alpha value is -1.67. The number of aromatic nitrogens is 1. The molecule has 8 heteroatoms. The summed E-state index contributed by atoms with van der Waals surface area (Å²) in [4.78, 5) is 26.2. The predicted octanol–water partition coefficient (Wildman–Crippen LogP) is 2.13. The van der Waals surface area contributed by atoms with Gasteiger partial charge in [-0.1, -0.05) is 20.8 Å². The molecule has 29 heavy (non-hydrogen) atoms. The van der Waals surface area contributed by atoms with Crippen LogP contribution in [0.3, 0.4) is 0 Å². The molecule has 3 rings (SSSR count). The number of aliphatic imine (C=N–C) groups is 1. The molecule has 2 saturated heterocycles. The summed E-state index contributed by atoms with van der Waals surface area (Å²) in [6.45, 7) is 11.9. The van der Waals surface area contributed by atoms with Crippen LogP contribution in [0.2, 0.25) is 0 Å². The number of carbonyl (C=O) groups excluding carboxylic acids is 1. The highest BCUT2D eigenvalue weighted by molar-refractivity contribution is 7.09. The summed E-state index contributed by atoms with van der Waals surface area (Å²) in [6.07, 6.45) is 2.67. The van der Waals surface area contributed by atoms with E-state index in [2.05, 4.69) is 41.4 Å². The van der Waals surface area contributed by atoms with Crippen molar-refractivity contribution in [3.05, 3.63) is 16.1 Å². The molecule has 1 aromatic heterocycles. The number of piperidine rings is 1. The molecule has 162 valence electrons. The zero-order chi connectivity index (χ0) is 20.9. The maximum Gasteiger partial charge on any atom is 0.225 e. The van der Waals surface area contributed by atoms with Crippen LogP contribution < -0.4 is 5.32 Å². The Labute approximate surface area is 178 Å². The Bertz CT molecular complexity index is 698. The van der Waals surface area contributed by atoms with Crippen molar-refractivity contribution in [3.63, 3.8) is 0 Å². The second kappa shape index (κ2) is 9.89. The zero-order valence-corrected chi connectivity index (χ0v) is 19.1. The molecule has 3 heterocycles. The monoisotopic (exact) mass is 421 g/mol. The molecule has 1 N–H and O–H groups in total. The van der Waals surface area contributed by atoms with Crippen molar-refractivity contribution in [1.82, 2.24) is 20.1 Å². The minimum absolute atomic E-state index is 0.0984.